The number of unbranched alkanes of at least 4 members (excludes halogenated alkanes) is 1. The lowest BCUT2D eigenvalue weighted by Gasteiger charge is -2.07. The molecule has 0 radical (unpaired) electrons. The molecule has 0 aliphatic carbocycles. The molecule has 0 aliphatic rings. The molecule has 0 saturated carbocycles. The zero-order chi connectivity index (χ0) is 15.0. The first-order valence-electron chi connectivity index (χ1n) is 7.60. The van der Waals surface area contributed by atoms with E-state index >= 15 is 0 Å². The fourth-order valence-corrected chi connectivity index (χ4v) is 2.13. The van der Waals surface area contributed by atoms with Crippen LogP contribution in [0.3, 0.4) is 0 Å². The van der Waals surface area contributed by atoms with E-state index in [0.29, 0.717) is 6.54 Å². The Labute approximate surface area is 122 Å². The molecule has 0 unspecified atom stereocenters. The van der Waals surface area contributed by atoms with Gasteiger partial charge in [-0.25, -0.2) is 0 Å². The number of aryl methyl sites for hydroxylation is 1. The molecule has 1 aromatic rings. The molecular formula is C15H28N4O. The topological polar surface area (TPSA) is 59.0 Å². The van der Waals surface area contributed by atoms with Crippen molar-refractivity contribution in [1.82, 2.24) is 20.4 Å². The predicted molar refractivity (Wildman–Crippen MR) is 81.6 cm³/mol. The summed E-state index contributed by atoms with van der Waals surface area (Å²) in [6.45, 7) is 11.2. The van der Waals surface area contributed by atoms with Crippen molar-refractivity contribution in [3.05, 3.63) is 17.0 Å². The fourth-order valence-electron chi connectivity index (χ4n) is 2.13. The smallest absolute Gasteiger partial charge is 0.241 e. The maximum Gasteiger partial charge on any atom is 0.241 e. The number of rotatable bonds is 9. The Balaban J connectivity index is 2.58. The lowest BCUT2D eigenvalue weighted by atomic mass is 10.2. The number of aromatic nitrogens is 2. The van der Waals surface area contributed by atoms with E-state index in [0.717, 1.165) is 50.3 Å². The van der Waals surface area contributed by atoms with E-state index in [-0.39, 0.29) is 5.91 Å². The quantitative estimate of drug-likeness (QED) is 0.679. The molecule has 1 heterocycles. The van der Waals surface area contributed by atoms with Crippen LogP contribution in [-0.4, -0.2) is 28.8 Å². The molecule has 0 spiro atoms. The van der Waals surface area contributed by atoms with Gasteiger partial charge < -0.3 is 10.6 Å². The van der Waals surface area contributed by atoms with Crippen molar-refractivity contribution in [3.8, 4) is 0 Å². The average Bonchev–Trinajstić information content (AvgIpc) is 2.66. The van der Waals surface area contributed by atoms with Crippen LogP contribution in [0.4, 0.5) is 0 Å². The molecule has 1 rings (SSSR count). The van der Waals surface area contributed by atoms with Gasteiger partial charge in [0.05, 0.1) is 5.69 Å². The summed E-state index contributed by atoms with van der Waals surface area (Å²) >= 11 is 0. The Morgan fingerprint density at radius 1 is 1.20 bits per heavy atom. The highest BCUT2D eigenvalue weighted by Gasteiger charge is 2.13. The van der Waals surface area contributed by atoms with Gasteiger partial charge in [-0.2, -0.15) is 5.10 Å². The molecule has 2 N–H and O–H groups in total. The Kier molecular flexibility index (Phi) is 7.30. The maximum atomic E-state index is 11.8. The fraction of sp³-hybridized carbons (Fsp3) is 0.733. The molecular weight excluding hydrogens is 252 g/mol. The number of amides is 1. The van der Waals surface area contributed by atoms with Gasteiger partial charge in [-0.05, 0) is 33.2 Å². The normalized spacial score (nSPS) is 10.8. The van der Waals surface area contributed by atoms with Crippen LogP contribution in [0.2, 0.25) is 0 Å². The first kappa shape index (κ1) is 16.7. The first-order valence-corrected chi connectivity index (χ1v) is 7.60. The monoisotopic (exact) mass is 280 g/mol. The van der Waals surface area contributed by atoms with E-state index < -0.39 is 0 Å². The maximum absolute atomic E-state index is 11.8. The van der Waals surface area contributed by atoms with E-state index in [4.69, 9.17) is 0 Å². The average molecular weight is 280 g/mol. The molecule has 0 atom stereocenters. The summed E-state index contributed by atoms with van der Waals surface area (Å²) in [6, 6.07) is 0. The molecule has 0 saturated heterocycles. The minimum atomic E-state index is 0.0390. The molecule has 1 aromatic heterocycles. The van der Waals surface area contributed by atoms with Crippen LogP contribution in [0.5, 0.6) is 0 Å². The molecule has 1 amide bonds. The number of hydrogen-bond donors (Lipinski definition) is 2. The van der Waals surface area contributed by atoms with Crippen LogP contribution in [-0.2, 0) is 17.9 Å². The van der Waals surface area contributed by atoms with E-state index in [2.05, 4.69) is 29.6 Å². The van der Waals surface area contributed by atoms with Gasteiger partial charge in [0.1, 0.15) is 6.54 Å². The van der Waals surface area contributed by atoms with Crippen molar-refractivity contribution in [3.63, 3.8) is 0 Å². The highest BCUT2D eigenvalue weighted by Crippen LogP contribution is 2.12. The third kappa shape index (κ3) is 4.96. The van der Waals surface area contributed by atoms with Crippen LogP contribution in [0.15, 0.2) is 0 Å². The van der Waals surface area contributed by atoms with Crippen LogP contribution in [0.25, 0.3) is 0 Å². The lowest BCUT2D eigenvalue weighted by Crippen LogP contribution is -2.29. The third-order valence-electron chi connectivity index (χ3n) is 3.41. The van der Waals surface area contributed by atoms with Crippen molar-refractivity contribution in [2.75, 3.05) is 13.1 Å². The molecule has 0 aliphatic heterocycles. The highest BCUT2D eigenvalue weighted by atomic mass is 16.2. The Morgan fingerprint density at radius 2 is 1.95 bits per heavy atom. The van der Waals surface area contributed by atoms with Crippen LogP contribution >= 0.6 is 0 Å². The van der Waals surface area contributed by atoms with Gasteiger partial charge in [-0.3, -0.25) is 9.48 Å². The van der Waals surface area contributed by atoms with Gasteiger partial charge in [0.2, 0.25) is 5.91 Å². The van der Waals surface area contributed by atoms with E-state index in [1.165, 1.54) is 5.56 Å². The second-order valence-electron chi connectivity index (χ2n) is 5.19. The van der Waals surface area contributed by atoms with Gasteiger partial charge in [-0.15, -0.1) is 0 Å². The molecule has 0 fully saturated rings. The summed E-state index contributed by atoms with van der Waals surface area (Å²) in [7, 11) is 0. The predicted octanol–water partition coefficient (Wildman–Crippen LogP) is 1.92. The van der Waals surface area contributed by atoms with Gasteiger partial charge in [0, 0.05) is 24.3 Å². The van der Waals surface area contributed by atoms with Crippen LogP contribution in [0, 0.1) is 13.8 Å². The number of hydrogen-bond acceptors (Lipinski definition) is 3. The molecule has 5 nitrogen and oxygen atoms in total. The molecule has 0 aromatic carbocycles. The van der Waals surface area contributed by atoms with Crippen molar-refractivity contribution in [2.24, 2.45) is 0 Å². The van der Waals surface area contributed by atoms with E-state index in [1.807, 2.05) is 13.8 Å². The molecule has 20 heavy (non-hydrogen) atoms. The third-order valence-corrected chi connectivity index (χ3v) is 3.41. The summed E-state index contributed by atoms with van der Waals surface area (Å²) in [6.07, 6.45) is 3.23. The standard InChI is InChI=1S/C15H28N4O/c1-5-7-9-17-15(20)11-19-13(4)14(12(3)18-19)10-16-8-6-2/h16H,5-11H2,1-4H3,(H,17,20). The summed E-state index contributed by atoms with van der Waals surface area (Å²) in [5.74, 6) is 0.0390. The number of carbonyl (C=O) groups excluding carboxylic acids is 1. The van der Waals surface area contributed by atoms with Crippen molar-refractivity contribution in [2.45, 2.75) is 60.0 Å². The Bertz CT molecular complexity index is 426. The number of nitrogens with zero attached hydrogens (tertiary/aromatic N) is 2. The number of nitrogens with one attached hydrogen (secondary N) is 2. The van der Waals surface area contributed by atoms with E-state index in [9.17, 15) is 4.79 Å². The highest BCUT2D eigenvalue weighted by molar-refractivity contribution is 5.75. The summed E-state index contributed by atoms with van der Waals surface area (Å²) in [4.78, 5) is 11.8. The SMILES string of the molecule is CCCCNC(=O)Cn1nc(C)c(CNCCC)c1C. The van der Waals surface area contributed by atoms with Gasteiger partial charge >= 0.3 is 0 Å². The second-order valence-corrected chi connectivity index (χ2v) is 5.19. The van der Waals surface area contributed by atoms with Crippen molar-refractivity contribution in [1.29, 1.82) is 0 Å². The van der Waals surface area contributed by atoms with Gasteiger partial charge in [0.25, 0.3) is 0 Å². The zero-order valence-corrected chi connectivity index (χ0v) is 13.3. The second kappa shape index (κ2) is 8.74. The van der Waals surface area contributed by atoms with Gasteiger partial charge in [-0.1, -0.05) is 20.3 Å². The van der Waals surface area contributed by atoms with Crippen LogP contribution in [0.1, 0.15) is 50.1 Å². The Hall–Kier alpha value is -1.36. The Morgan fingerprint density at radius 3 is 2.60 bits per heavy atom. The summed E-state index contributed by atoms with van der Waals surface area (Å²) < 4.78 is 1.81. The minimum absolute atomic E-state index is 0.0390. The lowest BCUT2D eigenvalue weighted by molar-refractivity contribution is -0.121. The van der Waals surface area contributed by atoms with Crippen molar-refractivity contribution >= 4 is 5.91 Å². The zero-order valence-electron chi connectivity index (χ0n) is 13.3. The molecule has 0 bridgehead atoms. The largest absolute Gasteiger partial charge is 0.354 e. The van der Waals surface area contributed by atoms with E-state index in [1.54, 1.807) is 4.68 Å². The summed E-state index contributed by atoms with van der Waals surface area (Å²) in [5.41, 5.74) is 3.30. The van der Waals surface area contributed by atoms with Gasteiger partial charge in [0.15, 0.2) is 0 Å². The molecule has 5 heteroatoms. The number of carbonyl (C=O) groups is 1. The minimum Gasteiger partial charge on any atom is -0.354 e. The van der Waals surface area contributed by atoms with Crippen LogP contribution < -0.4 is 10.6 Å². The first-order chi connectivity index (χ1) is 9.60. The summed E-state index contributed by atoms with van der Waals surface area (Å²) in [5, 5.41) is 10.8. The van der Waals surface area contributed by atoms with Crippen molar-refractivity contribution < 1.29 is 4.79 Å². The molecule has 114 valence electrons.